The maximum atomic E-state index is 9.16. The maximum Gasteiger partial charge on any atom is 0.183 e. The molecular weight excluding hydrogens is 236 g/mol. The normalized spacial score (nSPS) is 9.89. The van der Waals surface area contributed by atoms with Crippen LogP contribution in [0.3, 0.4) is 0 Å². The number of unbranched alkanes of at least 4 members (excludes halogenated alkanes) is 1. The molecule has 0 fully saturated rings. The van der Waals surface area contributed by atoms with Gasteiger partial charge in [-0.25, -0.2) is 9.97 Å². The van der Waals surface area contributed by atoms with E-state index in [4.69, 9.17) is 5.26 Å². The summed E-state index contributed by atoms with van der Waals surface area (Å²) in [5.41, 5.74) is 1.40. The van der Waals surface area contributed by atoms with E-state index in [9.17, 15) is 0 Å². The lowest BCUT2D eigenvalue weighted by Gasteiger charge is -2.23. The lowest BCUT2D eigenvalue weighted by molar-refractivity contribution is 0.777. The molecule has 0 bridgehead atoms. The number of anilines is 2. The smallest absolute Gasteiger partial charge is 0.183 e. The second kappa shape index (κ2) is 6.50. The van der Waals surface area contributed by atoms with E-state index >= 15 is 0 Å². The lowest BCUT2D eigenvalue weighted by atomic mass is 10.2. The van der Waals surface area contributed by atoms with E-state index < -0.39 is 0 Å². The van der Waals surface area contributed by atoms with Crippen LogP contribution in [0.25, 0.3) is 0 Å². The van der Waals surface area contributed by atoms with Gasteiger partial charge in [0, 0.05) is 24.6 Å². The molecule has 4 nitrogen and oxygen atoms in total. The minimum atomic E-state index is 0.363. The summed E-state index contributed by atoms with van der Waals surface area (Å²) in [5.74, 6) is 0.629. The van der Waals surface area contributed by atoms with E-state index in [1.165, 1.54) is 0 Å². The van der Waals surface area contributed by atoms with Gasteiger partial charge in [0.15, 0.2) is 11.5 Å². The fourth-order valence-electron chi connectivity index (χ4n) is 1.89. The molecule has 0 saturated carbocycles. The Labute approximate surface area is 113 Å². The van der Waals surface area contributed by atoms with Crippen molar-refractivity contribution in [3.8, 4) is 6.07 Å². The van der Waals surface area contributed by atoms with Crippen molar-refractivity contribution in [2.45, 2.75) is 19.8 Å². The first-order chi connectivity index (χ1) is 9.36. The van der Waals surface area contributed by atoms with Crippen molar-refractivity contribution in [2.24, 2.45) is 0 Å². The number of nitriles is 1. The quantitative estimate of drug-likeness (QED) is 0.819. The molecule has 0 amide bonds. The Morgan fingerprint density at radius 2 is 1.89 bits per heavy atom. The highest BCUT2D eigenvalue weighted by Crippen LogP contribution is 2.25. The van der Waals surface area contributed by atoms with E-state index in [0.29, 0.717) is 11.5 Å². The number of nitrogens with zero attached hydrogens (tertiary/aromatic N) is 4. The highest BCUT2D eigenvalue weighted by molar-refractivity contribution is 5.63. The van der Waals surface area contributed by atoms with Crippen LogP contribution in [-0.2, 0) is 0 Å². The fourth-order valence-corrected chi connectivity index (χ4v) is 1.89. The van der Waals surface area contributed by atoms with Crippen LogP contribution < -0.4 is 4.90 Å². The van der Waals surface area contributed by atoms with Crippen molar-refractivity contribution in [1.82, 2.24) is 9.97 Å². The Kier molecular flexibility index (Phi) is 4.46. The zero-order valence-electron chi connectivity index (χ0n) is 11.0. The molecule has 0 aliphatic rings. The van der Waals surface area contributed by atoms with Crippen LogP contribution in [0.4, 0.5) is 11.5 Å². The first-order valence-electron chi connectivity index (χ1n) is 6.40. The molecule has 0 aliphatic carbocycles. The number of rotatable bonds is 5. The summed E-state index contributed by atoms with van der Waals surface area (Å²) < 4.78 is 0. The SMILES string of the molecule is CCCCN(c1ccccc1)c1nccnc1C#N. The Hall–Kier alpha value is -2.41. The predicted octanol–water partition coefficient (Wildman–Crippen LogP) is 3.29. The van der Waals surface area contributed by atoms with E-state index in [2.05, 4.69) is 27.9 Å². The highest BCUT2D eigenvalue weighted by Gasteiger charge is 2.14. The van der Waals surface area contributed by atoms with Gasteiger partial charge in [0.25, 0.3) is 0 Å². The van der Waals surface area contributed by atoms with Crippen LogP contribution in [0.1, 0.15) is 25.5 Å². The topological polar surface area (TPSA) is 52.8 Å². The average molecular weight is 252 g/mol. The highest BCUT2D eigenvalue weighted by atomic mass is 15.2. The summed E-state index contributed by atoms with van der Waals surface area (Å²) in [5, 5.41) is 9.16. The fraction of sp³-hybridized carbons (Fsp3) is 0.267. The van der Waals surface area contributed by atoms with Gasteiger partial charge in [-0.3, -0.25) is 0 Å². The molecule has 0 spiro atoms. The molecule has 0 aliphatic heterocycles. The van der Waals surface area contributed by atoms with Crippen LogP contribution in [0.2, 0.25) is 0 Å². The first kappa shape index (κ1) is 13.0. The summed E-state index contributed by atoms with van der Waals surface area (Å²) in [6, 6.07) is 12.1. The summed E-state index contributed by atoms with van der Waals surface area (Å²) in [7, 11) is 0. The molecule has 1 heterocycles. The van der Waals surface area contributed by atoms with E-state index in [1.54, 1.807) is 12.4 Å². The third kappa shape index (κ3) is 3.08. The van der Waals surface area contributed by atoms with Crippen LogP contribution in [0, 0.1) is 11.3 Å². The van der Waals surface area contributed by atoms with Crippen molar-refractivity contribution in [3.05, 3.63) is 48.4 Å². The third-order valence-corrected chi connectivity index (χ3v) is 2.84. The zero-order valence-corrected chi connectivity index (χ0v) is 11.0. The van der Waals surface area contributed by atoms with Crippen LogP contribution in [0.5, 0.6) is 0 Å². The number of para-hydroxylation sites is 1. The molecule has 0 unspecified atom stereocenters. The van der Waals surface area contributed by atoms with Crippen LogP contribution >= 0.6 is 0 Å². The molecule has 1 aromatic carbocycles. The molecular formula is C15H16N4. The Bertz CT molecular complexity index is 560. The molecule has 2 aromatic rings. The Morgan fingerprint density at radius 1 is 1.16 bits per heavy atom. The largest absolute Gasteiger partial charge is 0.324 e. The maximum absolute atomic E-state index is 9.16. The molecule has 0 atom stereocenters. The van der Waals surface area contributed by atoms with Crippen LogP contribution in [-0.4, -0.2) is 16.5 Å². The van der Waals surface area contributed by atoms with E-state index in [0.717, 1.165) is 25.1 Å². The number of hydrogen-bond donors (Lipinski definition) is 0. The van der Waals surface area contributed by atoms with Gasteiger partial charge in [0.05, 0.1) is 0 Å². The van der Waals surface area contributed by atoms with Gasteiger partial charge in [-0.15, -0.1) is 0 Å². The second-order valence-corrected chi connectivity index (χ2v) is 4.18. The van der Waals surface area contributed by atoms with Gasteiger partial charge in [-0.05, 0) is 18.6 Å². The summed E-state index contributed by atoms with van der Waals surface area (Å²) >= 11 is 0. The number of benzene rings is 1. The van der Waals surface area contributed by atoms with Crippen molar-refractivity contribution in [2.75, 3.05) is 11.4 Å². The molecule has 96 valence electrons. The Morgan fingerprint density at radius 3 is 2.58 bits per heavy atom. The van der Waals surface area contributed by atoms with Crippen molar-refractivity contribution in [3.63, 3.8) is 0 Å². The minimum Gasteiger partial charge on any atom is -0.324 e. The second-order valence-electron chi connectivity index (χ2n) is 4.18. The minimum absolute atomic E-state index is 0.363. The van der Waals surface area contributed by atoms with Gasteiger partial charge in [0.2, 0.25) is 0 Å². The van der Waals surface area contributed by atoms with Crippen molar-refractivity contribution < 1.29 is 0 Å². The molecule has 1 aromatic heterocycles. The van der Waals surface area contributed by atoms with Crippen molar-refractivity contribution in [1.29, 1.82) is 5.26 Å². The molecule has 0 radical (unpaired) electrons. The summed E-state index contributed by atoms with van der Waals surface area (Å²) in [6.07, 6.45) is 5.30. The monoisotopic (exact) mass is 252 g/mol. The molecule has 0 saturated heterocycles. The number of hydrogen-bond acceptors (Lipinski definition) is 4. The zero-order chi connectivity index (χ0) is 13.5. The predicted molar refractivity (Wildman–Crippen MR) is 75.1 cm³/mol. The van der Waals surface area contributed by atoms with E-state index in [-0.39, 0.29) is 0 Å². The van der Waals surface area contributed by atoms with Gasteiger partial charge in [-0.2, -0.15) is 5.26 Å². The van der Waals surface area contributed by atoms with Gasteiger partial charge in [-0.1, -0.05) is 31.5 Å². The molecule has 19 heavy (non-hydrogen) atoms. The van der Waals surface area contributed by atoms with Crippen LogP contribution in [0.15, 0.2) is 42.7 Å². The molecule has 0 N–H and O–H groups in total. The molecule has 4 heteroatoms. The van der Waals surface area contributed by atoms with E-state index in [1.807, 2.05) is 30.3 Å². The van der Waals surface area contributed by atoms with Crippen molar-refractivity contribution >= 4 is 11.5 Å². The standard InChI is InChI=1S/C15H16N4/c1-2-3-11-19(13-7-5-4-6-8-13)15-14(12-16)17-9-10-18-15/h4-10H,2-3,11H2,1H3. The average Bonchev–Trinajstić information content (AvgIpc) is 2.49. The van der Waals surface area contributed by atoms with Gasteiger partial charge >= 0.3 is 0 Å². The van der Waals surface area contributed by atoms with Gasteiger partial charge < -0.3 is 4.90 Å². The third-order valence-electron chi connectivity index (χ3n) is 2.84. The molecule has 2 rings (SSSR count). The number of aromatic nitrogens is 2. The lowest BCUT2D eigenvalue weighted by Crippen LogP contribution is -2.21. The van der Waals surface area contributed by atoms with Gasteiger partial charge in [0.1, 0.15) is 6.07 Å². The Balaban J connectivity index is 2.41. The summed E-state index contributed by atoms with van der Waals surface area (Å²) in [4.78, 5) is 10.5. The summed E-state index contributed by atoms with van der Waals surface area (Å²) in [6.45, 7) is 2.97. The first-order valence-corrected chi connectivity index (χ1v) is 6.40.